The molecule has 0 fully saturated rings. The number of primary amides is 1. The number of halogens is 2. The van der Waals surface area contributed by atoms with Crippen LogP contribution in [-0.4, -0.2) is 24.3 Å². The smallest absolute Gasteiger partial charge is 0.252 e. The van der Waals surface area contributed by atoms with Crippen molar-refractivity contribution in [1.29, 1.82) is 0 Å². The van der Waals surface area contributed by atoms with Gasteiger partial charge in [-0.15, -0.1) is 0 Å². The van der Waals surface area contributed by atoms with E-state index in [1.807, 2.05) is 0 Å². The lowest BCUT2D eigenvalue weighted by Gasteiger charge is -2.09. The number of aryl methyl sites for hydroxylation is 1. The van der Waals surface area contributed by atoms with Gasteiger partial charge >= 0.3 is 0 Å². The molecule has 0 heterocycles. The number of amides is 3. The number of carbonyl (C=O) groups is 3. The number of benzene rings is 2. The van der Waals surface area contributed by atoms with Gasteiger partial charge in [0.2, 0.25) is 11.8 Å². The summed E-state index contributed by atoms with van der Waals surface area (Å²) in [6.45, 7) is 1.80. The maximum absolute atomic E-state index is 13.2. The van der Waals surface area contributed by atoms with Crippen molar-refractivity contribution in [2.45, 2.75) is 13.3 Å². The Morgan fingerprint density at radius 1 is 1.12 bits per heavy atom. The van der Waals surface area contributed by atoms with E-state index >= 15 is 0 Å². The lowest BCUT2D eigenvalue weighted by Crippen LogP contribution is -2.28. The van der Waals surface area contributed by atoms with E-state index in [2.05, 4.69) is 26.6 Å². The average Bonchev–Trinajstić information content (AvgIpc) is 2.56. The molecule has 0 radical (unpaired) electrons. The van der Waals surface area contributed by atoms with Crippen molar-refractivity contribution in [1.82, 2.24) is 5.32 Å². The molecule has 0 bridgehead atoms. The Bertz CT molecular complexity index is 871. The third-order valence-corrected chi connectivity index (χ3v) is 4.28. The molecule has 0 aliphatic heterocycles. The molecule has 3 amide bonds. The zero-order chi connectivity index (χ0) is 19.3. The number of nitrogens with two attached hydrogens (primary N) is 1. The van der Waals surface area contributed by atoms with Gasteiger partial charge in [0.1, 0.15) is 5.82 Å². The molecule has 8 heteroatoms. The van der Waals surface area contributed by atoms with Crippen LogP contribution in [-0.2, 0) is 4.79 Å². The van der Waals surface area contributed by atoms with Gasteiger partial charge < -0.3 is 16.4 Å². The summed E-state index contributed by atoms with van der Waals surface area (Å²) >= 11 is 3.18. The largest absolute Gasteiger partial charge is 0.366 e. The maximum atomic E-state index is 13.2. The third kappa shape index (κ3) is 5.13. The highest BCUT2D eigenvalue weighted by Gasteiger charge is 2.12. The Balaban J connectivity index is 1.87. The zero-order valence-electron chi connectivity index (χ0n) is 13.9. The van der Waals surface area contributed by atoms with E-state index < -0.39 is 17.6 Å². The fourth-order valence-corrected chi connectivity index (χ4v) is 2.72. The van der Waals surface area contributed by atoms with E-state index in [1.165, 1.54) is 18.2 Å². The fourth-order valence-electron chi connectivity index (χ4n) is 2.30. The van der Waals surface area contributed by atoms with Crippen LogP contribution in [0.3, 0.4) is 0 Å². The molecule has 0 aliphatic rings. The summed E-state index contributed by atoms with van der Waals surface area (Å²) in [5.74, 6) is -1.85. The quantitative estimate of drug-likeness (QED) is 0.667. The fraction of sp³-hybridized carbons (Fsp3) is 0.167. The molecule has 4 N–H and O–H groups in total. The predicted octanol–water partition coefficient (Wildman–Crippen LogP) is 2.75. The number of rotatable bonds is 6. The zero-order valence-corrected chi connectivity index (χ0v) is 15.5. The van der Waals surface area contributed by atoms with Crippen molar-refractivity contribution < 1.29 is 18.8 Å². The van der Waals surface area contributed by atoms with Crippen LogP contribution < -0.4 is 16.4 Å². The number of nitrogens with one attached hydrogen (secondary N) is 2. The van der Waals surface area contributed by atoms with E-state index in [0.29, 0.717) is 21.3 Å². The monoisotopic (exact) mass is 421 g/mol. The van der Waals surface area contributed by atoms with E-state index in [0.717, 1.165) is 6.07 Å². The van der Waals surface area contributed by atoms with Crippen molar-refractivity contribution in [3.05, 3.63) is 63.4 Å². The van der Waals surface area contributed by atoms with Gasteiger partial charge in [0.05, 0.1) is 5.56 Å². The highest BCUT2D eigenvalue weighted by molar-refractivity contribution is 9.10. The Kier molecular flexibility index (Phi) is 6.46. The van der Waals surface area contributed by atoms with Gasteiger partial charge in [-0.2, -0.15) is 0 Å². The van der Waals surface area contributed by atoms with Crippen molar-refractivity contribution in [2.75, 3.05) is 11.9 Å². The van der Waals surface area contributed by atoms with E-state index in [-0.39, 0.29) is 24.4 Å². The van der Waals surface area contributed by atoms with E-state index in [4.69, 9.17) is 5.73 Å². The summed E-state index contributed by atoms with van der Waals surface area (Å²) in [6, 6.07) is 8.54. The second kappa shape index (κ2) is 8.57. The first-order valence-corrected chi connectivity index (χ1v) is 8.51. The van der Waals surface area contributed by atoms with Gasteiger partial charge in [0, 0.05) is 28.7 Å². The molecular weight excluding hydrogens is 405 g/mol. The lowest BCUT2D eigenvalue weighted by molar-refractivity contribution is -0.116. The number of anilines is 1. The molecule has 6 nitrogen and oxygen atoms in total. The van der Waals surface area contributed by atoms with Crippen LogP contribution in [0.15, 0.2) is 40.9 Å². The highest BCUT2D eigenvalue weighted by atomic mass is 79.9. The minimum atomic E-state index is -0.536. The summed E-state index contributed by atoms with van der Waals surface area (Å²) < 4.78 is 13.7. The topological polar surface area (TPSA) is 101 Å². The van der Waals surface area contributed by atoms with Crippen LogP contribution in [0, 0.1) is 12.7 Å². The molecular formula is C18H17BrFN3O3. The van der Waals surface area contributed by atoms with Gasteiger partial charge in [0.15, 0.2) is 0 Å². The van der Waals surface area contributed by atoms with Crippen LogP contribution in [0.2, 0.25) is 0 Å². The Hall–Kier alpha value is -2.74. The van der Waals surface area contributed by atoms with Crippen LogP contribution in [0.5, 0.6) is 0 Å². The van der Waals surface area contributed by atoms with Gasteiger partial charge in [-0.05, 0) is 64.8 Å². The average molecular weight is 422 g/mol. The minimum Gasteiger partial charge on any atom is -0.366 e. The SMILES string of the molecule is Cc1cc(NC(=O)CCNC(=O)c2cc(F)ccc2Br)ccc1C(N)=O. The Morgan fingerprint density at radius 2 is 1.85 bits per heavy atom. The molecule has 0 spiro atoms. The summed E-state index contributed by atoms with van der Waals surface area (Å²) in [6.07, 6.45) is 0.0370. The van der Waals surface area contributed by atoms with Crippen molar-refractivity contribution in [2.24, 2.45) is 5.73 Å². The van der Waals surface area contributed by atoms with Crippen LogP contribution in [0.4, 0.5) is 10.1 Å². The van der Waals surface area contributed by atoms with Crippen molar-refractivity contribution in [3.8, 4) is 0 Å². The molecule has 2 aromatic rings. The summed E-state index contributed by atoms with van der Waals surface area (Å²) in [5.41, 5.74) is 6.95. The molecule has 2 rings (SSSR count). The molecule has 0 saturated heterocycles. The number of hydrogen-bond donors (Lipinski definition) is 3. The summed E-state index contributed by atoms with van der Waals surface area (Å²) in [7, 11) is 0. The van der Waals surface area contributed by atoms with Crippen LogP contribution in [0.25, 0.3) is 0 Å². The highest BCUT2D eigenvalue weighted by Crippen LogP contribution is 2.18. The molecule has 0 aliphatic carbocycles. The second-order valence-corrected chi connectivity index (χ2v) is 6.43. The molecule has 0 aromatic heterocycles. The normalized spacial score (nSPS) is 10.3. The first-order valence-electron chi connectivity index (χ1n) is 7.71. The molecule has 0 saturated carbocycles. The van der Waals surface area contributed by atoms with Gasteiger partial charge in [0.25, 0.3) is 5.91 Å². The number of hydrogen-bond acceptors (Lipinski definition) is 3. The van der Waals surface area contributed by atoms with E-state index in [9.17, 15) is 18.8 Å². The Morgan fingerprint density at radius 3 is 2.50 bits per heavy atom. The van der Waals surface area contributed by atoms with Gasteiger partial charge in [-0.3, -0.25) is 14.4 Å². The van der Waals surface area contributed by atoms with Crippen molar-refractivity contribution in [3.63, 3.8) is 0 Å². The van der Waals surface area contributed by atoms with Crippen LogP contribution >= 0.6 is 15.9 Å². The van der Waals surface area contributed by atoms with Crippen LogP contribution in [0.1, 0.15) is 32.7 Å². The molecule has 0 atom stereocenters. The standard InChI is InChI=1S/C18H17BrFN3O3/c1-10-8-12(3-4-13(10)17(21)25)23-16(24)6-7-22-18(26)14-9-11(20)2-5-15(14)19/h2-5,8-9H,6-7H2,1H3,(H2,21,25)(H,22,26)(H,23,24). The van der Waals surface area contributed by atoms with E-state index in [1.54, 1.807) is 19.1 Å². The van der Waals surface area contributed by atoms with Gasteiger partial charge in [-0.25, -0.2) is 4.39 Å². The van der Waals surface area contributed by atoms with Crippen molar-refractivity contribution >= 4 is 39.3 Å². The minimum absolute atomic E-state index is 0.0370. The maximum Gasteiger partial charge on any atom is 0.252 e. The predicted molar refractivity (Wildman–Crippen MR) is 99.4 cm³/mol. The molecule has 0 unspecified atom stereocenters. The summed E-state index contributed by atoms with van der Waals surface area (Å²) in [4.78, 5) is 35.2. The molecule has 136 valence electrons. The van der Waals surface area contributed by atoms with Gasteiger partial charge in [-0.1, -0.05) is 0 Å². The first kappa shape index (κ1) is 19.6. The Labute approximate surface area is 158 Å². The molecule has 26 heavy (non-hydrogen) atoms. The second-order valence-electron chi connectivity index (χ2n) is 5.57. The number of carbonyl (C=O) groups excluding carboxylic acids is 3. The first-order chi connectivity index (χ1) is 12.3. The summed E-state index contributed by atoms with van der Waals surface area (Å²) in [5, 5.41) is 5.23. The third-order valence-electron chi connectivity index (χ3n) is 3.59. The lowest BCUT2D eigenvalue weighted by atomic mass is 10.1. The molecule has 2 aromatic carbocycles.